The van der Waals surface area contributed by atoms with E-state index in [1.165, 1.54) is 0 Å². The van der Waals surface area contributed by atoms with Crippen molar-refractivity contribution in [2.75, 3.05) is 13.1 Å². The third-order valence-electron chi connectivity index (χ3n) is 3.72. The molecule has 1 fully saturated rings. The minimum atomic E-state index is -0.366. The highest BCUT2D eigenvalue weighted by Gasteiger charge is 2.33. The normalized spacial score (nSPS) is 21.9. The van der Waals surface area contributed by atoms with Gasteiger partial charge in [0.15, 0.2) is 0 Å². The largest absolute Gasteiger partial charge is 0.353 e. The van der Waals surface area contributed by atoms with Crippen LogP contribution >= 0.6 is 0 Å². The topological polar surface area (TPSA) is 49.4 Å². The molecule has 0 spiro atoms. The Bertz CT molecular complexity index is 334. The lowest BCUT2D eigenvalue weighted by Crippen LogP contribution is -2.49. The Morgan fingerprint density at radius 2 is 2.00 bits per heavy atom. The fourth-order valence-corrected chi connectivity index (χ4v) is 2.31. The zero-order valence-corrected chi connectivity index (χ0v) is 13.0. The molecule has 0 aromatic carbocycles. The number of hydrogen-bond donors (Lipinski definition) is 1. The van der Waals surface area contributed by atoms with Gasteiger partial charge in [0.05, 0.1) is 5.92 Å². The lowest BCUT2D eigenvalue weighted by atomic mass is 9.91. The third-order valence-corrected chi connectivity index (χ3v) is 3.72. The zero-order valence-electron chi connectivity index (χ0n) is 13.0. The average molecular weight is 268 g/mol. The summed E-state index contributed by atoms with van der Waals surface area (Å²) in [4.78, 5) is 26.2. The number of carbonyl (C=O) groups excluding carboxylic acids is 2. The maximum absolute atomic E-state index is 12.3. The van der Waals surface area contributed by atoms with Crippen LogP contribution in [0.1, 0.15) is 53.9 Å². The van der Waals surface area contributed by atoms with E-state index in [-0.39, 0.29) is 29.2 Å². The van der Waals surface area contributed by atoms with E-state index >= 15 is 0 Å². The van der Waals surface area contributed by atoms with Gasteiger partial charge in [-0.3, -0.25) is 9.59 Å². The Morgan fingerprint density at radius 1 is 1.37 bits per heavy atom. The molecule has 1 N–H and O–H groups in total. The van der Waals surface area contributed by atoms with Gasteiger partial charge in [-0.15, -0.1) is 0 Å². The van der Waals surface area contributed by atoms with Crippen LogP contribution in [-0.2, 0) is 9.59 Å². The zero-order chi connectivity index (χ0) is 14.6. The van der Waals surface area contributed by atoms with Crippen LogP contribution in [0.4, 0.5) is 0 Å². The van der Waals surface area contributed by atoms with Gasteiger partial charge >= 0.3 is 0 Å². The molecular weight excluding hydrogens is 240 g/mol. The SMILES string of the molecule is CCC(C)NC(=O)C1CCCN(C(=O)C(C)(C)C)C1. The summed E-state index contributed by atoms with van der Waals surface area (Å²) in [5.74, 6) is 0.198. The highest BCUT2D eigenvalue weighted by Crippen LogP contribution is 2.23. The minimum Gasteiger partial charge on any atom is -0.353 e. The molecule has 2 unspecified atom stereocenters. The maximum atomic E-state index is 12.3. The van der Waals surface area contributed by atoms with Gasteiger partial charge in [-0.05, 0) is 26.2 Å². The molecule has 1 saturated heterocycles. The number of nitrogens with zero attached hydrogens (tertiary/aromatic N) is 1. The molecule has 1 heterocycles. The van der Waals surface area contributed by atoms with Crippen molar-refractivity contribution < 1.29 is 9.59 Å². The lowest BCUT2D eigenvalue weighted by Gasteiger charge is -2.36. The van der Waals surface area contributed by atoms with Gasteiger partial charge < -0.3 is 10.2 Å². The number of amides is 2. The standard InChI is InChI=1S/C15H28N2O2/c1-6-11(2)16-13(18)12-8-7-9-17(10-12)14(19)15(3,4)5/h11-12H,6-10H2,1-5H3,(H,16,18). The summed E-state index contributed by atoms with van der Waals surface area (Å²) < 4.78 is 0. The third kappa shape index (κ3) is 4.51. The Morgan fingerprint density at radius 3 is 2.53 bits per heavy atom. The van der Waals surface area contributed by atoms with E-state index in [1.807, 2.05) is 32.6 Å². The molecule has 1 aliphatic rings. The molecule has 1 rings (SSSR count). The molecule has 0 saturated carbocycles. The predicted molar refractivity (Wildman–Crippen MR) is 76.7 cm³/mol. The summed E-state index contributed by atoms with van der Waals surface area (Å²) in [7, 11) is 0. The summed E-state index contributed by atoms with van der Waals surface area (Å²) in [6.07, 6.45) is 2.74. The molecule has 0 aliphatic carbocycles. The molecule has 0 aromatic heterocycles. The Balaban J connectivity index is 2.60. The van der Waals surface area contributed by atoms with Crippen molar-refractivity contribution in [1.82, 2.24) is 10.2 Å². The number of rotatable bonds is 3. The molecule has 4 nitrogen and oxygen atoms in total. The van der Waals surface area contributed by atoms with Crippen molar-refractivity contribution in [2.24, 2.45) is 11.3 Å². The van der Waals surface area contributed by atoms with E-state index in [0.29, 0.717) is 6.54 Å². The summed E-state index contributed by atoms with van der Waals surface area (Å²) in [6, 6.07) is 0.209. The van der Waals surface area contributed by atoms with Crippen LogP contribution in [0, 0.1) is 11.3 Å². The van der Waals surface area contributed by atoms with Crippen molar-refractivity contribution in [3.8, 4) is 0 Å². The van der Waals surface area contributed by atoms with Crippen LogP contribution in [0.5, 0.6) is 0 Å². The van der Waals surface area contributed by atoms with E-state index in [0.717, 1.165) is 25.8 Å². The van der Waals surface area contributed by atoms with Gasteiger partial charge in [-0.25, -0.2) is 0 Å². The summed E-state index contributed by atoms with van der Waals surface area (Å²) in [6.45, 7) is 11.2. The first-order valence-electron chi connectivity index (χ1n) is 7.35. The quantitative estimate of drug-likeness (QED) is 0.853. The van der Waals surface area contributed by atoms with Crippen LogP contribution in [-0.4, -0.2) is 35.8 Å². The van der Waals surface area contributed by atoms with E-state index in [1.54, 1.807) is 0 Å². The maximum Gasteiger partial charge on any atom is 0.227 e. The van der Waals surface area contributed by atoms with Gasteiger partial charge in [-0.1, -0.05) is 27.7 Å². The van der Waals surface area contributed by atoms with Crippen LogP contribution < -0.4 is 5.32 Å². The first kappa shape index (κ1) is 16.0. The Hall–Kier alpha value is -1.06. The first-order valence-corrected chi connectivity index (χ1v) is 7.35. The molecule has 1 aliphatic heterocycles. The number of piperidine rings is 1. The number of likely N-dealkylation sites (tertiary alicyclic amines) is 1. The van der Waals surface area contributed by atoms with Gasteiger partial charge in [0.1, 0.15) is 0 Å². The van der Waals surface area contributed by atoms with Gasteiger partial charge in [0.2, 0.25) is 11.8 Å². The van der Waals surface area contributed by atoms with Gasteiger partial charge in [0.25, 0.3) is 0 Å². The smallest absolute Gasteiger partial charge is 0.227 e. The summed E-state index contributed by atoms with van der Waals surface area (Å²) >= 11 is 0. The second kappa shape index (κ2) is 6.40. The van der Waals surface area contributed by atoms with Crippen molar-refractivity contribution in [1.29, 1.82) is 0 Å². The van der Waals surface area contributed by atoms with E-state index < -0.39 is 0 Å². The van der Waals surface area contributed by atoms with Crippen molar-refractivity contribution in [3.05, 3.63) is 0 Å². The van der Waals surface area contributed by atoms with E-state index in [4.69, 9.17) is 0 Å². The monoisotopic (exact) mass is 268 g/mol. The highest BCUT2D eigenvalue weighted by atomic mass is 16.2. The molecule has 19 heavy (non-hydrogen) atoms. The van der Waals surface area contributed by atoms with Crippen molar-refractivity contribution in [2.45, 2.75) is 59.9 Å². The molecule has 2 atom stereocenters. The van der Waals surface area contributed by atoms with Crippen molar-refractivity contribution >= 4 is 11.8 Å². The summed E-state index contributed by atoms with van der Waals surface area (Å²) in [5, 5.41) is 3.02. The lowest BCUT2D eigenvalue weighted by molar-refractivity contribution is -0.142. The second-order valence-electron chi connectivity index (χ2n) is 6.66. The molecule has 0 bridgehead atoms. The highest BCUT2D eigenvalue weighted by molar-refractivity contribution is 5.84. The molecule has 0 aromatic rings. The van der Waals surface area contributed by atoms with Crippen LogP contribution in [0.3, 0.4) is 0 Å². The predicted octanol–water partition coefficient (Wildman–Crippen LogP) is 2.19. The Kier molecular flexibility index (Phi) is 5.39. The average Bonchev–Trinajstić information content (AvgIpc) is 2.36. The first-order chi connectivity index (χ1) is 8.75. The molecular formula is C15H28N2O2. The van der Waals surface area contributed by atoms with Crippen LogP contribution in [0.25, 0.3) is 0 Å². The number of nitrogens with one attached hydrogen (secondary N) is 1. The number of hydrogen-bond acceptors (Lipinski definition) is 2. The Labute approximate surface area is 116 Å². The fourth-order valence-electron chi connectivity index (χ4n) is 2.31. The van der Waals surface area contributed by atoms with Crippen LogP contribution in [0.15, 0.2) is 0 Å². The minimum absolute atomic E-state index is 0.0472. The fraction of sp³-hybridized carbons (Fsp3) is 0.867. The van der Waals surface area contributed by atoms with E-state index in [2.05, 4.69) is 12.2 Å². The molecule has 110 valence electrons. The van der Waals surface area contributed by atoms with Crippen molar-refractivity contribution in [3.63, 3.8) is 0 Å². The summed E-state index contributed by atoms with van der Waals surface area (Å²) in [5.41, 5.74) is -0.366. The number of carbonyl (C=O) groups is 2. The van der Waals surface area contributed by atoms with E-state index in [9.17, 15) is 9.59 Å². The molecule has 0 radical (unpaired) electrons. The molecule has 2 amide bonds. The second-order valence-corrected chi connectivity index (χ2v) is 6.66. The van der Waals surface area contributed by atoms with Crippen LogP contribution in [0.2, 0.25) is 0 Å². The van der Waals surface area contributed by atoms with Gasteiger partial charge in [0, 0.05) is 24.5 Å². The molecule has 4 heteroatoms. The van der Waals surface area contributed by atoms with Gasteiger partial charge in [-0.2, -0.15) is 0 Å².